The van der Waals surface area contributed by atoms with Crippen LogP contribution in [0.3, 0.4) is 0 Å². The number of pyridine rings is 1. The number of benzene rings is 6. The molecule has 0 amide bonds. The molecule has 0 N–H and O–H groups in total. The maximum absolute atomic E-state index is 6.33. The van der Waals surface area contributed by atoms with Crippen molar-refractivity contribution in [3.8, 4) is 28.3 Å². The Hall–Kier alpha value is -4.81. The van der Waals surface area contributed by atoms with Crippen molar-refractivity contribution in [2.24, 2.45) is 0 Å². The number of hydrogen-bond acceptors (Lipinski definition) is 3. The number of furan rings is 1. The fraction of sp³-hybridized carbons (Fsp3) is 0.0698. The van der Waals surface area contributed by atoms with Gasteiger partial charge in [0.1, 0.15) is 5.58 Å². The molecule has 0 aliphatic heterocycles. The van der Waals surface area contributed by atoms with Crippen LogP contribution in [0.1, 0.15) is 0 Å². The molecule has 0 atom stereocenters. The fourth-order valence-corrected chi connectivity index (χ4v) is 8.42. The first kappa shape index (κ1) is 32.7. The zero-order valence-electron chi connectivity index (χ0n) is 27.4. The predicted molar refractivity (Wildman–Crippen MR) is 202 cm³/mol. The van der Waals surface area contributed by atoms with E-state index in [1.54, 1.807) is 0 Å². The van der Waals surface area contributed by atoms with E-state index in [9.17, 15) is 0 Å². The Kier molecular flexibility index (Phi) is 9.08. The number of imidazole rings is 1. The van der Waals surface area contributed by atoms with Gasteiger partial charge in [-0.3, -0.25) is 4.98 Å². The van der Waals surface area contributed by atoms with Crippen LogP contribution in [-0.4, -0.2) is 27.8 Å². The van der Waals surface area contributed by atoms with Gasteiger partial charge in [0.2, 0.25) is 0 Å². The summed E-state index contributed by atoms with van der Waals surface area (Å²) >= 11 is -1.72. The number of rotatable bonds is 4. The predicted octanol–water partition coefficient (Wildman–Crippen LogP) is 10.6. The molecule has 0 unspecified atom stereocenters. The quantitative estimate of drug-likeness (QED) is 0.131. The first-order valence-electron chi connectivity index (χ1n) is 16.2. The largest absolute Gasteiger partial charge is 0.501 e. The van der Waals surface area contributed by atoms with Crippen LogP contribution < -0.4 is 4.40 Å². The third-order valence-corrected chi connectivity index (χ3v) is 13.0. The molecule has 6 heteroatoms. The minimum atomic E-state index is -1.72. The second-order valence-corrected chi connectivity index (χ2v) is 23.6. The van der Waals surface area contributed by atoms with Gasteiger partial charge in [-0.1, -0.05) is 77.7 Å². The van der Waals surface area contributed by atoms with E-state index in [1.165, 1.54) is 15.2 Å². The molecule has 0 aliphatic rings. The molecule has 9 aromatic rings. The van der Waals surface area contributed by atoms with Crippen molar-refractivity contribution in [1.82, 2.24) is 14.5 Å². The molecule has 0 fully saturated rings. The molecule has 6 aromatic carbocycles. The molecule has 3 heterocycles. The number of fused-ring (bicyclic) bond motifs is 5. The van der Waals surface area contributed by atoms with Gasteiger partial charge in [0, 0.05) is 36.6 Å². The van der Waals surface area contributed by atoms with Crippen LogP contribution in [0.15, 0.2) is 150 Å². The molecule has 0 saturated heterocycles. The molecule has 241 valence electrons. The summed E-state index contributed by atoms with van der Waals surface area (Å²) in [4.78, 5) is 9.59. The summed E-state index contributed by atoms with van der Waals surface area (Å²) in [7, 11) is 0. The summed E-state index contributed by atoms with van der Waals surface area (Å²) in [5.74, 6) is 7.97. The Morgan fingerprint density at radius 3 is 2.20 bits per heavy atom. The molecule has 0 aliphatic carbocycles. The molecular weight excluding hydrogens is 839 g/mol. The van der Waals surface area contributed by atoms with Crippen molar-refractivity contribution in [2.75, 3.05) is 0 Å². The Morgan fingerprint density at radius 2 is 1.41 bits per heavy atom. The Morgan fingerprint density at radius 1 is 0.653 bits per heavy atom. The van der Waals surface area contributed by atoms with Gasteiger partial charge in [-0.05, 0) is 29.7 Å². The summed E-state index contributed by atoms with van der Waals surface area (Å²) < 4.78 is 10.0. The normalized spacial score (nSPS) is 11.4. The number of hydrogen-bond donors (Lipinski definition) is 0. The maximum atomic E-state index is 6.33. The average Bonchev–Trinajstić information content (AvgIpc) is 3.71. The van der Waals surface area contributed by atoms with Gasteiger partial charge in [-0.2, -0.15) is 0 Å². The van der Waals surface area contributed by atoms with Crippen LogP contribution in [0.5, 0.6) is 0 Å². The molecular formula is C43H33GeIrN3O-2. The van der Waals surface area contributed by atoms with Crippen LogP contribution in [0.25, 0.3) is 72.1 Å². The van der Waals surface area contributed by atoms with Gasteiger partial charge in [0.05, 0.1) is 22.4 Å². The summed E-state index contributed by atoms with van der Waals surface area (Å²) in [6.07, 6.45) is 2.04. The SMILES string of the molecule is [CH3][Ge]([CH3])([CH3])[c]1ccc(-c2[c-]cccc2)nc1.[Ir].[c-]1ccc2c(oc3ccccc32)c1-c1nc2ccccc2n1-c1cccc2ccccc12. The second-order valence-electron chi connectivity index (χ2n) is 12.9. The fourth-order valence-electron chi connectivity index (χ4n) is 6.25. The minimum absolute atomic E-state index is 0. The van der Waals surface area contributed by atoms with E-state index in [-0.39, 0.29) is 20.1 Å². The average molecular weight is 873 g/mol. The van der Waals surface area contributed by atoms with Gasteiger partial charge in [0.15, 0.2) is 0 Å². The van der Waals surface area contributed by atoms with E-state index in [1.807, 2.05) is 60.8 Å². The molecule has 0 spiro atoms. The summed E-state index contributed by atoms with van der Waals surface area (Å²) in [5, 5.41) is 4.55. The van der Waals surface area contributed by atoms with Gasteiger partial charge in [-0.25, -0.2) is 0 Å². The van der Waals surface area contributed by atoms with Crippen molar-refractivity contribution in [1.29, 1.82) is 0 Å². The van der Waals surface area contributed by atoms with Crippen LogP contribution in [0.2, 0.25) is 17.3 Å². The Balaban J connectivity index is 0.000000189. The standard InChI is InChI=1S/C29H17N2O.C14H16GeN.Ir/c1-2-11-20-19(9-1)10-7-17-25(20)31-26-16-5-4-15-24(26)30-29(31)23-14-8-13-22-21-12-3-6-18-27(21)32-28(22)23;1-15(2,3)13-9-10-14(16-11-13)12-7-5-4-6-8-12;/h1-13,15-18H;4-7,9-11H,1-3H3;/q2*-1;. The van der Waals surface area contributed by atoms with E-state index in [0.29, 0.717) is 0 Å². The van der Waals surface area contributed by atoms with Crippen molar-refractivity contribution < 1.29 is 24.5 Å². The topological polar surface area (TPSA) is 43.9 Å². The summed E-state index contributed by atoms with van der Waals surface area (Å²) in [6, 6.07) is 54.2. The smallest absolute Gasteiger partial charge is 0.120 e. The van der Waals surface area contributed by atoms with Crippen molar-refractivity contribution in [3.05, 3.63) is 158 Å². The molecule has 1 radical (unpaired) electrons. The van der Waals surface area contributed by atoms with Crippen LogP contribution in [0.4, 0.5) is 0 Å². The third-order valence-electron chi connectivity index (χ3n) is 8.75. The first-order valence-corrected chi connectivity index (χ1v) is 23.5. The van der Waals surface area contributed by atoms with Crippen LogP contribution in [0, 0.1) is 12.1 Å². The number of nitrogens with zero attached hydrogens (tertiary/aromatic N) is 3. The van der Waals surface area contributed by atoms with Crippen LogP contribution >= 0.6 is 0 Å². The summed E-state index contributed by atoms with van der Waals surface area (Å²) in [5.41, 5.74) is 7.71. The first-order chi connectivity index (χ1) is 23.5. The van der Waals surface area contributed by atoms with Gasteiger partial charge in [-0.15, -0.1) is 18.2 Å². The van der Waals surface area contributed by atoms with Gasteiger partial charge in [0.25, 0.3) is 0 Å². The monoisotopic (exact) mass is 874 g/mol. The van der Waals surface area contributed by atoms with Gasteiger partial charge < -0.3 is 8.98 Å². The molecule has 3 aromatic heterocycles. The van der Waals surface area contributed by atoms with E-state index in [0.717, 1.165) is 61.3 Å². The van der Waals surface area contributed by atoms with E-state index < -0.39 is 13.3 Å². The van der Waals surface area contributed by atoms with Crippen molar-refractivity contribution >= 4 is 61.4 Å². The molecule has 0 bridgehead atoms. The van der Waals surface area contributed by atoms with E-state index >= 15 is 0 Å². The van der Waals surface area contributed by atoms with Crippen molar-refractivity contribution in [2.45, 2.75) is 17.3 Å². The Bertz CT molecular complexity index is 2540. The second kappa shape index (κ2) is 13.6. The molecule has 0 saturated carbocycles. The molecule has 9 rings (SSSR count). The van der Waals surface area contributed by atoms with Crippen molar-refractivity contribution in [3.63, 3.8) is 0 Å². The minimum Gasteiger partial charge on any atom is -0.501 e. The third kappa shape index (κ3) is 6.26. The molecule has 4 nitrogen and oxygen atoms in total. The number of aromatic nitrogens is 3. The zero-order valence-corrected chi connectivity index (χ0v) is 31.9. The number of para-hydroxylation sites is 3. The zero-order chi connectivity index (χ0) is 32.7. The van der Waals surface area contributed by atoms with Crippen LogP contribution in [-0.2, 0) is 20.1 Å². The molecule has 49 heavy (non-hydrogen) atoms. The Labute approximate surface area is 302 Å². The maximum Gasteiger partial charge on any atom is 0.120 e. The van der Waals surface area contributed by atoms with E-state index in [2.05, 4.69) is 124 Å². The summed E-state index contributed by atoms with van der Waals surface area (Å²) in [6.45, 7) is 0. The van der Waals surface area contributed by atoms with Gasteiger partial charge >= 0.3 is 99.8 Å². The van der Waals surface area contributed by atoms with E-state index in [4.69, 9.17) is 9.40 Å².